The van der Waals surface area contributed by atoms with Gasteiger partial charge >= 0.3 is 0 Å². The van der Waals surface area contributed by atoms with E-state index >= 15 is 0 Å². The van der Waals surface area contributed by atoms with Crippen LogP contribution in [0.1, 0.15) is 34.6 Å². The van der Waals surface area contributed by atoms with Gasteiger partial charge in [-0.05, 0) is 47.9 Å². The number of allylic oxidation sites excluding steroid dienone is 1. The molecular formula is C22H18ClN3OS. The van der Waals surface area contributed by atoms with Gasteiger partial charge < -0.3 is 10.3 Å². The number of thioether (sulfide) groups is 1. The Morgan fingerprint density at radius 1 is 1.11 bits per heavy atom. The number of rotatable bonds is 2. The van der Waals surface area contributed by atoms with Gasteiger partial charge in [-0.3, -0.25) is 4.79 Å². The quantitative estimate of drug-likeness (QED) is 0.460. The number of aromatic amines is 1. The van der Waals surface area contributed by atoms with E-state index in [1.54, 1.807) is 0 Å². The van der Waals surface area contributed by atoms with E-state index in [0.29, 0.717) is 21.6 Å². The molecule has 0 saturated heterocycles. The third-order valence-corrected chi connectivity index (χ3v) is 6.31. The lowest BCUT2D eigenvalue weighted by molar-refractivity contribution is 0.774. The van der Waals surface area contributed by atoms with Gasteiger partial charge in [0.15, 0.2) is 5.16 Å². The molecule has 2 aromatic carbocycles. The summed E-state index contributed by atoms with van der Waals surface area (Å²) in [5, 5.41) is 4.79. The summed E-state index contributed by atoms with van der Waals surface area (Å²) in [7, 11) is 0. The number of nitrogens with zero attached hydrogens (tertiary/aromatic N) is 1. The van der Waals surface area contributed by atoms with Gasteiger partial charge in [-0.1, -0.05) is 59.8 Å². The standard InChI is InChI=1S/C22H18ClN3OS/c1-28-22-25-20-18(21(27)26-22)17(13-6-9-14(23)10-7-13)16-11-8-12-4-2-3-5-15(12)19(16)24-20/h2-7,9-10,17H,8,11H2,1H3,(H2,24,25,26,27). The zero-order valence-corrected chi connectivity index (χ0v) is 16.8. The number of halogens is 1. The van der Waals surface area contributed by atoms with E-state index in [1.165, 1.54) is 28.5 Å². The van der Waals surface area contributed by atoms with E-state index in [9.17, 15) is 4.79 Å². The maximum Gasteiger partial charge on any atom is 0.257 e. The van der Waals surface area contributed by atoms with Crippen LogP contribution < -0.4 is 10.9 Å². The third-order valence-electron chi connectivity index (χ3n) is 5.48. The molecule has 3 aromatic rings. The summed E-state index contributed by atoms with van der Waals surface area (Å²) in [5.41, 5.74) is 6.48. The molecule has 2 heterocycles. The minimum atomic E-state index is -0.135. The number of aromatic nitrogens is 2. The van der Waals surface area contributed by atoms with Crippen molar-refractivity contribution in [2.24, 2.45) is 0 Å². The zero-order valence-electron chi connectivity index (χ0n) is 15.3. The van der Waals surface area contributed by atoms with Crippen LogP contribution >= 0.6 is 23.4 Å². The van der Waals surface area contributed by atoms with Crippen LogP contribution in [0.3, 0.4) is 0 Å². The zero-order chi connectivity index (χ0) is 19.3. The van der Waals surface area contributed by atoms with E-state index in [4.69, 9.17) is 11.6 Å². The number of aryl methyl sites for hydroxylation is 1. The molecule has 0 amide bonds. The smallest absolute Gasteiger partial charge is 0.257 e. The van der Waals surface area contributed by atoms with Crippen molar-refractivity contribution in [1.82, 2.24) is 9.97 Å². The van der Waals surface area contributed by atoms with Crippen LogP contribution in [0.15, 0.2) is 64.1 Å². The number of hydrogen-bond acceptors (Lipinski definition) is 4. The topological polar surface area (TPSA) is 57.8 Å². The van der Waals surface area contributed by atoms with Gasteiger partial charge in [0, 0.05) is 22.2 Å². The van der Waals surface area contributed by atoms with Crippen molar-refractivity contribution in [2.45, 2.75) is 23.9 Å². The molecule has 0 spiro atoms. The summed E-state index contributed by atoms with van der Waals surface area (Å²) in [6.45, 7) is 0. The average molecular weight is 408 g/mol. The second-order valence-electron chi connectivity index (χ2n) is 7.00. The van der Waals surface area contributed by atoms with E-state index in [-0.39, 0.29) is 11.5 Å². The Morgan fingerprint density at radius 2 is 1.89 bits per heavy atom. The third kappa shape index (κ3) is 2.77. The minimum Gasteiger partial charge on any atom is -0.339 e. The number of benzene rings is 2. The molecule has 1 unspecified atom stereocenters. The van der Waals surface area contributed by atoms with E-state index < -0.39 is 0 Å². The van der Waals surface area contributed by atoms with Crippen molar-refractivity contribution in [3.05, 3.63) is 91.7 Å². The molecule has 0 fully saturated rings. The summed E-state index contributed by atoms with van der Waals surface area (Å²) in [6, 6.07) is 16.2. The Hall–Kier alpha value is -2.50. The molecule has 6 heteroatoms. The van der Waals surface area contributed by atoms with Crippen molar-refractivity contribution in [3.8, 4) is 0 Å². The predicted octanol–water partition coefficient (Wildman–Crippen LogP) is 5.06. The second-order valence-corrected chi connectivity index (χ2v) is 8.24. The highest BCUT2D eigenvalue weighted by atomic mass is 35.5. The maximum atomic E-state index is 13.0. The maximum absolute atomic E-state index is 13.0. The van der Waals surface area contributed by atoms with Crippen molar-refractivity contribution in [1.29, 1.82) is 0 Å². The fourth-order valence-corrected chi connectivity index (χ4v) is 4.73. The van der Waals surface area contributed by atoms with Crippen LogP contribution in [-0.4, -0.2) is 16.2 Å². The van der Waals surface area contributed by atoms with Gasteiger partial charge in [-0.15, -0.1) is 0 Å². The largest absolute Gasteiger partial charge is 0.339 e. The lowest BCUT2D eigenvalue weighted by Crippen LogP contribution is -2.29. The van der Waals surface area contributed by atoms with Crippen LogP contribution in [0.25, 0.3) is 5.70 Å². The first-order chi connectivity index (χ1) is 13.7. The van der Waals surface area contributed by atoms with Gasteiger partial charge in [-0.2, -0.15) is 0 Å². The van der Waals surface area contributed by atoms with Gasteiger partial charge in [0.25, 0.3) is 5.56 Å². The van der Waals surface area contributed by atoms with Gasteiger partial charge in [0.1, 0.15) is 5.82 Å². The summed E-state index contributed by atoms with van der Waals surface area (Å²) in [5.74, 6) is 0.507. The highest BCUT2D eigenvalue weighted by Gasteiger charge is 2.35. The highest BCUT2D eigenvalue weighted by molar-refractivity contribution is 7.98. The molecule has 1 aliphatic carbocycles. The Labute approximate surface area is 172 Å². The van der Waals surface area contributed by atoms with Crippen LogP contribution in [0.5, 0.6) is 0 Å². The predicted molar refractivity (Wildman–Crippen MR) is 115 cm³/mol. The van der Waals surface area contributed by atoms with Crippen molar-refractivity contribution in [3.63, 3.8) is 0 Å². The molecule has 1 aliphatic heterocycles. The Kier molecular flexibility index (Phi) is 4.29. The fourth-order valence-electron chi connectivity index (χ4n) is 4.22. The normalized spacial score (nSPS) is 17.4. The first-order valence-electron chi connectivity index (χ1n) is 9.17. The van der Waals surface area contributed by atoms with Crippen LogP contribution in [0.4, 0.5) is 5.82 Å². The summed E-state index contributed by atoms with van der Waals surface area (Å²) in [6.07, 6.45) is 3.77. The first-order valence-corrected chi connectivity index (χ1v) is 10.8. The van der Waals surface area contributed by atoms with Crippen molar-refractivity contribution in [2.75, 3.05) is 11.6 Å². The van der Waals surface area contributed by atoms with E-state index in [1.807, 2.05) is 30.5 Å². The minimum absolute atomic E-state index is 0.0905. The Morgan fingerprint density at radius 3 is 2.68 bits per heavy atom. The molecule has 1 atom stereocenters. The molecule has 1 aromatic heterocycles. The molecule has 5 rings (SSSR count). The van der Waals surface area contributed by atoms with Gasteiger partial charge in [0.05, 0.1) is 5.56 Å². The number of fused-ring (bicyclic) bond motifs is 3. The van der Waals surface area contributed by atoms with Gasteiger partial charge in [-0.25, -0.2) is 4.98 Å². The first kappa shape index (κ1) is 17.6. The summed E-state index contributed by atoms with van der Waals surface area (Å²) < 4.78 is 0. The van der Waals surface area contributed by atoms with E-state index in [2.05, 4.69) is 39.6 Å². The van der Waals surface area contributed by atoms with Crippen LogP contribution in [-0.2, 0) is 6.42 Å². The second kappa shape index (κ2) is 6.83. The lowest BCUT2D eigenvalue weighted by atomic mass is 9.75. The monoisotopic (exact) mass is 407 g/mol. The highest BCUT2D eigenvalue weighted by Crippen LogP contribution is 2.46. The fraction of sp³-hybridized carbons (Fsp3) is 0.182. The summed E-state index contributed by atoms with van der Waals surface area (Å²) in [4.78, 5) is 20.6. The number of hydrogen-bond donors (Lipinski definition) is 2. The van der Waals surface area contributed by atoms with E-state index in [0.717, 1.165) is 24.1 Å². The average Bonchev–Trinajstić information content (AvgIpc) is 2.72. The molecule has 2 N–H and O–H groups in total. The Bertz CT molecular complexity index is 1170. The molecule has 0 bridgehead atoms. The molecule has 0 saturated carbocycles. The van der Waals surface area contributed by atoms with Crippen LogP contribution in [0.2, 0.25) is 5.02 Å². The Balaban J connectivity index is 1.78. The molecule has 4 nitrogen and oxygen atoms in total. The van der Waals surface area contributed by atoms with Gasteiger partial charge in [0.2, 0.25) is 0 Å². The van der Waals surface area contributed by atoms with Crippen molar-refractivity contribution < 1.29 is 0 Å². The SMILES string of the molecule is CSc1nc2c(c(=O)[nH]1)C(c1ccc(Cl)cc1)C1=C(N2)c2ccccc2CC1. The molecule has 0 radical (unpaired) electrons. The number of anilines is 1. The molecule has 140 valence electrons. The number of H-pyrrole nitrogens is 1. The van der Waals surface area contributed by atoms with Crippen LogP contribution in [0, 0.1) is 0 Å². The summed E-state index contributed by atoms with van der Waals surface area (Å²) >= 11 is 7.55. The molecule has 2 aliphatic rings. The number of nitrogens with one attached hydrogen (secondary N) is 2. The van der Waals surface area contributed by atoms with Crippen molar-refractivity contribution >= 4 is 34.9 Å². The lowest BCUT2D eigenvalue weighted by Gasteiger charge is -2.34. The molecular weight excluding hydrogens is 390 g/mol. The molecule has 28 heavy (non-hydrogen) atoms.